The quantitative estimate of drug-likeness (QED) is 0.597. The van der Waals surface area contributed by atoms with E-state index in [1.807, 2.05) is 25.7 Å². The fourth-order valence-corrected chi connectivity index (χ4v) is 2.75. The molecule has 0 unspecified atom stereocenters. The fraction of sp³-hybridized carbons (Fsp3) is 0.889. The summed E-state index contributed by atoms with van der Waals surface area (Å²) in [4.78, 5) is 18.6. The third-order valence-corrected chi connectivity index (χ3v) is 4.37. The van der Waals surface area contributed by atoms with Crippen LogP contribution in [0, 0.1) is 11.8 Å². The lowest BCUT2D eigenvalue weighted by Gasteiger charge is -2.33. The second-order valence-electron chi connectivity index (χ2n) is 7.95. The Balaban J connectivity index is 1.69. The monoisotopic (exact) mass is 338 g/mol. The molecule has 1 saturated heterocycles. The molecule has 2 fully saturated rings. The van der Waals surface area contributed by atoms with Gasteiger partial charge in [0.25, 0.3) is 0 Å². The maximum atomic E-state index is 12.1. The number of hydrogen-bond acceptors (Lipinski definition) is 3. The second-order valence-corrected chi connectivity index (χ2v) is 7.95. The van der Waals surface area contributed by atoms with Crippen LogP contribution in [0.3, 0.4) is 0 Å². The molecule has 1 aliphatic carbocycles. The molecule has 2 N–H and O–H groups in total. The Morgan fingerprint density at radius 1 is 1.12 bits per heavy atom. The zero-order chi connectivity index (χ0) is 17.6. The average molecular weight is 338 g/mol. The predicted octanol–water partition coefficient (Wildman–Crippen LogP) is 2.60. The van der Waals surface area contributed by atoms with Gasteiger partial charge in [0.05, 0.1) is 0 Å². The lowest BCUT2D eigenvalue weighted by atomic mass is 9.97. The molecule has 0 radical (unpaired) electrons. The number of carbonyl (C=O) groups is 1. The van der Waals surface area contributed by atoms with Gasteiger partial charge in [-0.15, -0.1) is 0 Å². The summed E-state index contributed by atoms with van der Waals surface area (Å²) >= 11 is 0. The van der Waals surface area contributed by atoms with Gasteiger partial charge in [-0.1, -0.05) is 0 Å². The maximum absolute atomic E-state index is 12.1. The minimum Gasteiger partial charge on any atom is -0.444 e. The summed E-state index contributed by atoms with van der Waals surface area (Å²) in [5, 5.41) is 6.77. The summed E-state index contributed by atoms with van der Waals surface area (Å²) in [6.07, 6.45) is 4.48. The van der Waals surface area contributed by atoms with Gasteiger partial charge >= 0.3 is 6.09 Å². The van der Waals surface area contributed by atoms with E-state index in [0.717, 1.165) is 57.4 Å². The van der Waals surface area contributed by atoms with Crippen molar-refractivity contribution in [3.63, 3.8) is 0 Å². The minimum absolute atomic E-state index is 0.187. The van der Waals surface area contributed by atoms with Crippen molar-refractivity contribution < 1.29 is 9.53 Å². The molecule has 0 bridgehead atoms. The van der Waals surface area contributed by atoms with E-state index in [-0.39, 0.29) is 6.09 Å². The van der Waals surface area contributed by atoms with Crippen LogP contribution in [0.4, 0.5) is 4.79 Å². The van der Waals surface area contributed by atoms with E-state index < -0.39 is 5.60 Å². The van der Waals surface area contributed by atoms with E-state index in [1.54, 1.807) is 0 Å². The highest BCUT2D eigenvalue weighted by atomic mass is 16.6. The third kappa shape index (κ3) is 6.97. The summed E-state index contributed by atoms with van der Waals surface area (Å²) in [6.45, 7) is 12.1. The van der Waals surface area contributed by atoms with Gasteiger partial charge in [-0.25, -0.2) is 4.79 Å². The Kier molecular flexibility index (Phi) is 6.75. The first-order valence-electron chi connectivity index (χ1n) is 9.37. The molecule has 0 atom stereocenters. The van der Waals surface area contributed by atoms with Crippen LogP contribution in [0.5, 0.6) is 0 Å². The van der Waals surface area contributed by atoms with E-state index >= 15 is 0 Å². The lowest BCUT2D eigenvalue weighted by Crippen LogP contribution is -2.45. The minimum atomic E-state index is -0.422. The largest absolute Gasteiger partial charge is 0.444 e. The smallest absolute Gasteiger partial charge is 0.410 e. The number of ether oxygens (including phenoxy) is 1. The highest BCUT2D eigenvalue weighted by Gasteiger charge is 2.27. The molecule has 1 heterocycles. The summed E-state index contributed by atoms with van der Waals surface area (Å²) in [5.41, 5.74) is -0.422. The molecule has 0 aromatic carbocycles. The van der Waals surface area contributed by atoms with Gasteiger partial charge in [0, 0.05) is 32.7 Å². The molecule has 24 heavy (non-hydrogen) atoms. The molecule has 2 rings (SSSR count). The predicted molar refractivity (Wildman–Crippen MR) is 97.2 cm³/mol. The molecule has 1 amide bonds. The number of piperidine rings is 1. The Bertz CT molecular complexity index is 433. The zero-order valence-corrected chi connectivity index (χ0v) is 15.7. The van der Waals surface area contributed by atoms with Gasteiger partial charge in [-0.2, -0.15) is 0 Å². The topological polar surface area (TPSA) is 66.0 Å². The van der Waals surface area contributed by atoms with Crippen LogP contribution in [0.1, 0.15) is 53.4 Å². The number of amides is 1. The van der Waals surface area contributed by atoms with Crippen molar-refractivity contribution in [2.75, 3.05) is 32.7 Å². The molecule has 6 heteroatoms. The van der Waals surface area contributed by atoms with Crippen molar-refractivity contribution in [3.8, 4) is 0 Å². The number of aliphatic imine (C=N–C) groups is 1. The Morgan fingerprint density at radius 3 is 2.33 bits per heavy atom. The number of likely N-dealkylation sites (tertiary alicyclic amines) is 1. The molecule has 0 aromatic heterocycles. The van der Waals surface area contributed by atoms with Crippen LogP contribution in [0.2, 0.25) is 0 Å². The average Bonchev–Trinajstić information content (AvgIpc) is 3.33. The summed E-state index contributed by atoms with van der Waals surface area (Å²) < 4.78 is 5.45. The van der Waals surface area contributed by atoms with Gasteiger partial charge in [0.1, 0.15) is 5.60 Å². The number of carbonyl (C=O) groups excluding carboxylic acids is 1. The third-order valence-electron chi connectivity index (χ3n) is 4.37. The first kappa shape index (κ1) is 18.9. The van der Waals surface area contributed by atoms with E-state index in [2.05, 4.69) is 22.5 Å². The first-order valence-corrected chi connectivity index (χ1v) is 9.37. The molecule has 0 spiro atoms. The van der Waals surface area contributed by atoms with E-state index in [9.17, 15) is 4.79 Å². The van der Waals surface area contributed by atoms with Crippen LogP contribution >= 0.6 is 0 Å². The van der Waals surface area contributed by atoms with Crippen LogP contribution in [0.15, 0.2) is 4.99 Å². The van der Waals surface area contributed by atoms with E-state index in [0.29, 0.717) is 5.92 Å². The van der Waals surface area contributed by atoms with Crippen molar-refractivity contribution in [1.82, 2.24) is 15.5 Å². The van der Waals surface area contributed by atoms with Gasteiger partial charge in [0.15, 0.2) is 5.96 Å². The first-order chi connectivity index (χ1) is 11.4. The highest BCUT2D eigenvalue weighted by Crippen LogP contribution is 2.28. The zero-order valence-electron chi connectivity index (χ0n) is 15.7. The summed E-state index contributed by atoms with van der Waals surface area (Å²) in [7, 11) is 0. The molecule has 138 valence electrons. The molecule has 0 aromatic rings. The number of nitrogens with zero attached hydrogens (tertiary/aromatic N) is 2. The number of rotatable bonds is 5. The molecule has 1 aliphatic heterocycles. The number of nitrogens with one attached hydrogen (secondary N) is 2. The normalized spacial score (nSPS) is 20.0. The molecule has 6 nitrogen and oxygen atoms in total. The Labute approximate surface area is 146 Å². The van der Waals surface area contributed by atoms with Crippen molar-refractivity contribution in [1.29, 1.82) is 0 Å². The van der Waals surface area contributed by atoms with E-state index in [1.165, 1.54) is 12.8 Å². The highest BCUT2D eigenvalue weighted by molar-refractivity contribution is 5.79. The number of hydrogen-bond donors (Lipinski definition) is 2. The van der Waals surface area contributed by atoms with E-state index in [4.69, 9.17) is 4.74 Å². The van der Waals surface area contributed by atoms with Crippen molar-refractivity contribution in [2.24, 2.45) is 16.8 Å². The van der Waals surface area contributed by atoms with Crippen LogP contribution in [0.25, 0.3) is 0 Å². The molecular weight excluding hydrogens is 304 g/mol. The number of guanidine groups is 1. The Hall–Kier alpha value is -1.46. The fourth-order valence-electron chi connectivity index (χ4n) is 2.75. The van der Waals surface area contributed by atoms with Crippen LogP contribution in [-0.2, 0) is 4.74 Å². The van der Waals surface area contributed by atoms with Crippen molar-refractivity contribution in [3.05, 3.63) is 0 Å². The van der Waals surface area contributed by atoms with Crippen molar-refractivity contribution in [2.45, 2.75) is 59.0 Å². The van der Waals surface area contributed by atoms with Gasteiger partial charge in [-0.05, 0) is 65.2 Å². The standard InChI is InChI=1S/C18H34N4O2/c1-5-19-16(20-12-14-6-7-14)21-13-15-8-10-22(11-9-15)17(23)24-18(2,3)4/h14-15H,5-13H2,1-4H3,(H2,19,20,21). The summed E-state index contributed by atoms with van der Waals surface area (Å²) in [6, 6.07) is 0. The SMILES string of the molecule is CCNC(=NCC1CC1)NCC1CCN(C(=O)OC(C)(C)C)CC1. The van der Waals surface area contributed by atoms with Crippen molar-refractivity contribution >= 4 is 12.1 Å². The van der Waals surface area contributed by atoms with Crippen LogP contribution < -0.4 is 10.6 Å². The van der Waals surface area contributed by atoms with Gasteiger partial charge in [0.2, 0.25) is 0 Å². The van der Waals surface area contributed by atoms with Crippen LogP contribution in [-0.4, -0.2) is 55.3 Å². The Morgan fingerprint density at radius 2 is 1.79 bits per heavy atom. The van der Waals surface area contributed by atoms with Gasteiger partial charge in [-0.3, -0.25) is 4.99 Å². The molecule has 2 aliphatic rings. The second kappa shape index (κ2) is 8.58. The maximum Gasteiger partial charge on any atom is 0.410 e. The lowest BCUT2D eigenvalue weighted by molar-refractivity contribution is 0.0185. The van der Waals surface area contributed by atoms with Gasteiger partial charge < -0.3 is 20.3 Å². The molecular formula is C18H34N4O2. The summed E-state index contributed by atoms with van der Waals surface area (Å²) in [5.74, 6) is 2.31. The molecule has 1 saturated carbocycles.